The van der Waals surface area contributed by atoms with Gasteiger partial charge < -0.3 is 9.47 Å². The largest absolute Gasteiger partial charge is 0.497 e. The van der Waals surface area contributed by atoms with Crippen molar-refractivity contribution in [3.8, 4) is 5.75 Å². The van der Waals surface area contributed by atoms with Gasteiger partial charge >= 0.3 is 0 Å². The lowest BCUT2D eigenvalue weighted by atomic mass is 9.89. The fraction of sp³-hybridized carbons (Fsp3) is 0.647. The predicted octanol–water partition coefficient (Wildman–Crippen LogP) is 2.07. The highest BCUT2D eigenvalue weighted by Crippen LogP contribution is 2.34. The molecule has 0 amide bonds. The van der Waals surface area contributed by atoms with Crippen LogP contribution in [-0.2, 0) is 21.2 Å². The molecule has 1 aromatic carbocycles. The highest BCUT2D eigenvalue weighted by molar-refractivity contribution is 7.90. The first-order valence-corrected chi connectivity index (χ1v) is 9.69. The zero-order chi connectivity index (χ0) is 16.4. The molecule has 2 aliphatic rings. The Morgan fingerprint density at radius 1 is 1.13 bits per heavy atom. The number of rotatable bonds is 6. The van der Waals surface area contributed by atoms with Gasteiger partial charge in [-0.3, -0.25) is 0 Å². The maximum atomic E-state index is 12.5. The smallest absolute Gasteiger partial charge is 0.216 e. The van der Waals surface area contributed by atoms with E-state index in [4.69, 9.17) is 9.47 Å². The number of hydrogen-bond donors (Lipinski definition) is 0. The zero-order valence-corrected chi connectivity index (χ0v) is 14.6. The fourth-order valence-corrected chi connectivity index (χ4v) is 5.27. The molecule has 0 spiro atoms. The van der Waals surface area contributed by atoms with Crippen LogP contribution in [-0.4, -0.2) is 51.4 Å². The van der Waals surface area contributed by atoms with Crippen molar-refractivity contribution < 1.29 is 17.9 Å². The van der Waals surface area contributed by atoms with E-state index in [-0.39, 0.29) is 17.3 Å². The summed E-state index contributed by atoms with van der Waals surface area (Å²) in [6, 6.07) is 7.97. The normalized spacial score (nSPS) is 26.2. The van der Waals surface area contributed by atoms with Gasteiger partial charge in [0.15, 0.2) is 0 Å². The lowest BCUT2D eigenvalue weighted by molar-refractivity contribution is 0.0130. The Hall–Kier alpha value is -1.11. The Morgan fingerprint density at radius 3 is 2.39 bits per heavy atom. The minimum Gasteiger partial charge on any atom is -0.497 e. The standard InChI is InChI=1S/C17H25NO4S/c1-21-15-5-3-13(4-6-15)11-14-12-18(10-9-17(14)22-2)23(19,20)16-7-8-16/h3-6,14,16-17H,7-12H2,1-2H3/t14-,17-/m0/s1. The summed E-state index contributed by atoms with van der Waals surface area (Å²) < 4.78 is 37.5. The number of hydrogen-bond acceptors (Lipinski definition) is 4. The van der Waals surface area contributed by atoms with E-state index in [0.717, 1.165) is 31.4 Å². The number of methoxy groups -OCH3 is 2. The quantitative estimate of drug-likeness (QED) is 0.796. The summed E-state index contributed by atoms with van der Waals surface area (Å²) in [5.41, 5.74) is 1.18. The molecule has 6 heteroatoms. The van der Waals surface area contributed by atoms with Gasteiger partial charge in [-0.05, 0) is 43.4 Å². The molecule has 0 unspecified atom stereocenters. The Morgan fingerprint density at radius 2 is 1.83 bits per heavy atom. The molecule has 1 heterocycles. The second-order valence-corrected chi connectivity index (χ2v) is 8.69. The zero-order valence-electron chi connectivity index (χ0n) is 13.8. The predicted molar refractivity (Wildman–Crippen MR) is 89.1 cm³/mol. The van der Waals surface area contributed by atoms with E-state index in [2.05, 4.69) is 0 Å². The average Bonchev–Trinajstić information content (AvgIpc) is 3.41. The second kappa shape index (κ2) is 6.79. The first kappa shape index (κ1) is 16.7. The molecule has 0 aromatic heterocycles. The van der Waals surface area contributed by atoms with E-state index in [9.17, 15) is 8.42 Å². The van der Waals surface area contributed by atoms with Crippen LogP contribution < -0.4 is 4.74 Å². The third kappa shape index (κ3) is 3.70. The third-order valence-corrected chi connectivity index (χ3v) is 7.26. The number of piperidine rings is 1. The fourth-order valence-electron chi connectivity index (χ4n) is 3.36. The van der Waals surface area contributed by atoms with Crippen molar-refractivity contribution in [2.45, 2.75) is 37.0 Å². The Bertz CT molecular complexity index is 624. The average molecular weight is 339 g/mol. The van der Waals surface area contributed by atoms with E-state index in [0.29, 0.717) is 13.1 Å². The summed E-state index contributed by atoms with van der Waals surface area (Å²) in [5.74, 6) is 1.02. The molecular formula is C17H25NO4S. The lowest BCUT2D eigenvalue weighted by Gasteiger charge is -2.37. The molecular weight excluding hydrogens is 314 g/mol. The molecule has 1 aliphatic carbocycles. The molecule has 1 saturated carbocycles. The summed E-state index contributed by atoms with van der Waals surface area (Å²) >= 11 is 0. The van der Waals surface area contributed by atoms with Gasteiger partial charge in [-0.2, -0.15) is 0 Å². The molecule has 1 saturated heterocycles. The molecule has 0 bridgehead atoms. The van der Waals surface area contributed by atoms with Crippen LogP contribution in [0.5, 0.6) is 5.75 Å². The minimum absolute atomic E-state index is 0.114. The summed E-state index contributed by atoms with van der Waals surface area (Å²) in [6.45, 7) is 1.14. The second-order valence-electron chi connectivity index (χ2n) is 6.48. The molecule has 0 N–H and O–H groups in total. The maximum Gasteiger partial charge on any atom is 0.216 e. The first-order valence-electron chi connectivity index (χ1n) is 8.19. The van der Waals surface area contributed by atoms with Crippen molar-refractivity contribution in [2.24, 2.45) is 5.92 Å². The van der Waals surface area contributed by atoms with Gasteiger partial charge in [0.25, 0.3) is 0 Å². The van der Waals surface area contributed by atoms with Gasteiger partial charge in [0, 0.05) is 26.1 Å². The van der Waals surface area contributed by atoms with Crippen LogP contribution in [0, 0.1) is 5.92 Å². The van der Waals surface area contributed by atoms with Gasteiger partial charge in [0.05, 0.1) is 18.5 Å². The molecule has 2 fully saturated rings. The van der Waals surface area contributed by atoms with Gasteiger partial charge in [-0.15, -0.1) is 0 Å². The highest BCUT2D eigenvalue weighted by atomic mass is 32.2. The summed E-state index contributed by atoms with van der Waals surface area (Å²) in [5, 5.41) is -0.136. The van der Waals surface area contributed by atoms with E-state index >= 15 is 0 Å². The Balaban J connectivity index is 1.71. The van der Waals surface area contributed by atoms with Crippen LogP contribution in [0.4, 0.5) is 0 Å². The van der Waals surface area contributed by atoms with Crippen LogP contribution in [0.1, 0.15) is 24.8 Å². The third-order valence-electron chi connectivity index (χ3n) is 4.89. The van der Waals surface area contributed by atoms with Crippen LogP contribution in [0.2, 0.25) is 0 Å². The van der Waals surface area contributed by atoms with Gasteiger partial charge in [-0.25, -0.2) is 12.7 Å². The van der Waals surface area contributed by atoms with Crippen molar-refractivity contribution in [3.05, 3.63) is 29.8 Å². The summed E-state index contributed by atoms with van der Waals surface area (Å²) in [7, 11) is 0.271. The van der Waals surface area contributed by atoms with Crippen molar-refractivity contribution >= 4 is 10.0 Å². The first-order chi connectivity index (χ1) is 11.0. The lowest BCUT2D eigenvalue weighted by Crippen LogP contribution is -2.48. The van der Waals surface area contributed by atoms with Crippen molar-refractivity contribution in [2.75, 3.05) is 27.3 Å². The van der Waals surface area contributed by atoms with Gasteiger partial charge in [0.2, 0.25) is 10.0 Å². The van der Waals surface area contributed by atoms with E-state index in [1.807, 2.05) is 24.3 Å². The van der Waals surface area contributed by atoms with Crippen LogP contribution in [0.3, 0.4) is 0 Å². The van der Waals surface area contributed by atoms with Crippen molar-refractivity contribution in [1.29, 1.82) is 0 Å². The molecule has 1 aliphatic heterocycles. The molecule has 128 valence electrons. The Labute approximate surface area is 138 Å². The summed E-state index contributed by atoms with van der Waals surface area (Å²) in [6.07, 6.45) is 3.33. The minimum atomic E-state index is -3.10. The molecule has 0 radical (unpaired) electrons. The molecule has 1 aromatic rings. The van der Waals surface area contributed by atoms with Gasteiger partial charge in [0.1, 0.15) is 5.75 Å². The molecule has 23 heavy (non-hydrogen) atoms. The van der Waals surface area contributed by atoms with Crippen molar-refractivity contribution in [3.63, 3.8) is 0 Å². The molecule has 5 nitrogen and oxygen atoms in total. The summed E-state index contributed by atoms with van der Waals surface area (Å²) in [4.78, 5) is 0. The van der Waals surface area contributed by atoms with Gasteiger partial charge in [-0.1, -0.05) is 12.1 Å². The highest BCUT2D eigenvalue weighted by Gasteiger charge is 2.43. The SMILES string of the molecule is COc1ccc(C[C@H]2CN(S(=O)(=O)C3CC3)CC[C@@H]2OC)cc1. The number of sulfonamides is 1. The number of ether oxygens (including phenoxy) is 2. The Kier molecular flexibility index (Phi) is 4.94. The van der Waals surface area contributed by atoms with Crippen LogP contribution >= 0.6 is 0 Å². The van der Waals surface area contributed by atoms with Crippen LogP contribution in [0.25, 0.3) is 0 Å². The van der Waals surface area contributed by atoms with Crippen molar-refractivity contribution in [1.82, 2.24) is 4.31 Å². The van der Waals surface area contributed by atoms with E-state index < -0.39 is 10.0 Å². The number of benzene rings is 1. The molecule has 3 rings (SSSR count). The van der Waals surface area contributed by atoms with E-state index in [1.54, 1.807) is 18.5 Å². The maximum absolute atomic E-state index is 12.5. The molecule has 2 atom stereocenters. The monoisotopic (exact) mass is 339 g/mol. The van der Waals surface area contributed by atoms with Crippen LogP contribution in [0.15, 0.2) is 24.3 Å². The number of nitrogens with zero attached hydrogens (tertiary/aromatic N) is 1. The topological polar surface area (TPSA) is 55.8 Å². The van der Waals surface area contributed by atoms with E-state index in [1.165, 1.54) is 5.56 Å².